The first-order valence-electron chi connectivity index (χ1n) is 6.66. The van der Waals surface area contributed by atoms with Gasteiger partial charge in [-0.3, -0.25) is 0 Å². The number of ether oxygens (including phenoxy) is 1. The van der Waals surface area contributed by atoms with Crippen molar-refractivity contribution in [2.75, 3.05) is 6.61 Å². The van der Waals surface area contributed by atoms with E-state index in [0.29, 0.717) is 18.6 Å². The van der Waals surface area contributed by atoms with Crippen LogP contribution in [0.2, 0.25) is 38.8 Å². The van der Waals surface area contributed by atoms with E-state index < -0.39 is 24.7 Å². The monoisotopic (exact) mass is 320 g/mol. The minimum Gasteiger partial charge on any atom is -0.462 e. The summed E-state index contributed by atoms with van der Waals surface area (Å²) in [7, 11) is -5.40. The maximum Gasteiger partial charge on any atom is 0.333 e. The third-order valence-corrected chi connectivity index (χ3v) is 16.4. The third-order valence-electron chi connectivity index (χ3n) is 2.58. The zero-order valence-corrected chi connectivity index (χ0v) is 16.2. The van der Waals surface area contributed by atoms with Crippen molar-refractivity contribution >= 4 is 30.7 Å². The van der Waals surface area contributed by atoms with Crippen LogP contribution in [0.3, 0.4) is 0 Å². The van der Waals surface area contributed by atoms with Crippen molar-refractivity contribution in [3.05, 3.63) is 12.2 Å². The minimum absolute atomic E-state index is 0.354. The van der Waals surface area contributed by atoms with Gasteiger partial charge in [-0.25, -0.2) is 4.79 Å². The lowest BCUT2D eigenvalue weighted by atomic mass is 10.4. The highest BCUT2D eigenvalue weighted by molar-refractivity contribution is 7.27. The van der Waals surface area contributed by atoms with Gasteiger partial charge in [0.2, 0.25) is 0 Å². The van der Waals surface area contributed by atoms with E-state index in [2.05, 4.69) is 39.3 Å². The molecule has 0 aliphatic carbocycles. The molecule has 0 aliphatic rings. The fourth-order valence-corrected chi connectivity index (χ4v) is 17.0. The van der Waals surface area contributed by atoms with Gasteiger partial charge in [0.15, 0.2) is 24.7 Å². The van der Waals surface area contributed by atoms with Crippen molar-refractivity contribution < 1.29 is 18.4 Å². The molecule has 1 atom stereocenters. The summed E-state index contributed by atoms with van der Waals surface area (Å²) < 4.78 is 11.2. The molecule has 0 saturated carbocycles. The Morgan fingerprint density at radius 3 is 2.21 bits per heavy atom. The first kappa shape index (κ1) is 18.8. The Morgan fingerprint density at radius 1 is 1.26 bits per heavy atom. The van der Waals surface area contributed by atoms with E-state index in [0.717, 1.165) is 6.04 Å². The lowest BCUT2D eigenvalue weighted by molar-refractivity contribution is -0.138. The summed E-state index contributed by atoms with van der Waals surface area (Å²) in [4.78, 5) is 21.5. The standard InChI is InChI=1S/C12H28O4Si3/c1-11(2)12(13)15-9-8-10-17(14)19(6,7)16-18(3,4)5/h14,17H,1,8-10H2,2-7H3. The fourth-order valence-electron chi connectivity index (χ4n) is 1.77. The van der Waals surface area contributed by atoms with Gasteiger partial charge in [0, 0.05) is 5.57 Å². The smallest absolute Gasteiger partial charge is 0.333 e. The van der Waals surface area contributed by atoms with Crippen LogP contribution in [0, 0.1) is 0 Å². The summed E-state index contributed by atoms with van der Waals surface area (Å²) in [5.74, 6) is -0.356. The van der Waals surface area contributed by atoms with Crippen molar-refractivity contribution in [1.82, 2.24) is 0 Å². The van der Waals surface area contributed by atoms with E-state index in [1.165, 1.54) is 0 Å². The maximum absolute atomic E-state index is 11.2. The minimum atomic E-state index is -1.94. The van der Waals surface area contributed by atoms with E-state index in [-0.39, 0.29) is 5.97 Å². The van der Waals surface area contributed by atoms with E-state index in [1.807, 2.05) is 0 Å². The molecule has 19 heavy (non-hydrogen) atoms. The van der Waals surface area contributed by atoms with E-state index in [9.17, 15) is 9.59 Å². The molecule has 0 aromatic carbocycles. The molecule has 0 aliphatic heterocycles. The average molecular weight is 321 g/mol. The molecule has 0 spiro atoms. The molecule has 0 rings (SSSR count). The van der Waals surface area contributed by atoms with Crippen LogP contribution in [0.1, 0.15) is 13.3 Å². The van der Waals surface area contributed by atoms with Crippen LogP contribution >= 0.6 is 0 Å². The van der Waals surface area contributed by atoms with Gasteiger partial charge in [0.25, 0.3) is 0 Å². The fraction of sp³-hybridized carbons (Fsp3) is 0.750. The van der Waals surface area contributed by atoms with Crippen LogP contribution < -0.4 is 0 Å². The molecule has 0 bridgehead atoms. The maximum atomic E-state index is 11.2. The second kappa shape index (κ2) is 7.53. The molecule has 0 amide bonds. The summed E-state index contributed by atoms with van der Waals surface area (Å²) in [5.41, 5.74) is 0.412. The Hall–Kier alpha value is -0.219. The third kappa shape index (κ3) is 8.53. The molecule has 1 unspecified atom stereocenters. The highest BCUT2D eigenvalue weighted by Crippen LogP contribution is 2.18. The van der Waals surface area contributed by atoms with Gasteiger partial charge >= 0.3 is 5.97 Å². The van der Waals surface area contributed by atoms with Crippen LogP contribution in [0.5, 0.6) is 0 Å². The molecular weight excluding hydrogens is 292 g/mol. The molecule has 0 saturated heterocycles. The molecule has 0 aromatic rings. The summed E-state index contributed by atoms with van der Waals surface area (Å²) in [6, 6.07) is 0.743. The van der Waals surface area contributed by atoms with Gasteiger partial charge in [-0.15, -0.1) is 0 Å². The summed E-state index contributed by atoms with van der Waals surface area (Å²) in [5, 5.41) is 0. The van der Waals surface area contributed by atoms with Gasteiger partial charge in [-0.1, -0.05) is 6.58 Å². The van der Waals surface area contributed by atoms with Crippen LogP contribution in [0.15, 0.2) is 12.2 Å². The van der Waals surface area contributed by atoms with Gasteiger partial charge in [-0.05, 0) is 52.1 Å². The zero-order valence-electron chi connectivity index (χ0n) is 13.1. The Kier molecular flexibility index (Phi) is 7.45. The van der Waals surface area contributed by atoms with Crippen LogP contribution in [0.25, 0.3) is 0 Å². The van der Waals surface area contributed by atoms with Crippen molar-refractivity contribution in [3.8, 4) is 0 Å². The van der Waals surface area contributed by atoms with Crippen molar-refractivity contribution in [2.45, 2.75) is 52.1 Å². The molecule has 0 fully saturated rings. The van der Waals surface area contributed by atoms with Gasteiger partial charge in [-0.2, -0.15) is 0 Å². The van der Waals surface area contributed by atoms with E-state index in [1.54, 1.807) is 6.92 Å². The van der Waals surface area contributed by atoms with E-state index >= 15 is 0 Å². The first-order chi connectivity index (χ1) is 8.46. The summed E-state index contributed by atoms with van der Waals surface area (Å²) in [6.07, 6.45) is 0.706. The number of carbonyl (C=O) groups excluding carboxylic acids is 1. The van der Waals surface area contributed by atoms with Crippen molar-refractivity contribution in [3.63, 3.8) is 0 Å². The summed E-state index contributed by atoms with van der Waals surface area (Å²) >= 11 is 0. The van der Waals surface area contributed by atoms with Gasteiger partial charge in [0.1, 0.15) is 0 Å². The van der Waals surface area contributed by atoms with E-state index in [4.69, 9.17) is 8.85 Å². The Labute approximate surface area is 120 Å². The molecule has 7 heteroatoms. The molecule has 0 radical (unpaired) electrons. The molecular formula is C12H28O4Si3. The predicted molar refractivity (Wildman–Crippen MR) is 86.5 cm³/mol. The first-order valence-corrected chi connectivity index (χ1v) is 16.1. The lowest BCUT2D eigenvalue weighted by Crippen LogP contribution is -2.54. The SMILES string of the molecule is C=C(C)C(=O)OCCC[SiH](O)[Si](C)(C)O[Si](C)(C)C. The van der Waals surface area contributed by atoms with Gasteiger partial charge in [0.05, 0.1) is 6.61 Å². The molecule has 112 valence electrons. The second-order valence-corrected chi connectivity index (χ2v) is 22.4. The topological polar surface area (TPSA) is 55.8 Å². The van der Waals surface area contributed by atoms with Crippen molar-refractivity contribution in [2.24, 2.45) is 0 Å². The molecule has 1 N–H and O–H groups in total. The predicted octanol–water partition coefficient (Wildman–Crippen LogP) is 2.35. The number of hydrogen-bond donors (Lipinski definition) is 1. The Morgan fingerprint density at radius 2 is 1.79 bits per heavy atom. The average Bonchev–Trinajstić information content (AvgIpc) is 2.19. The quantitative estimate of drug-likeness (QED) is 0.323. The normalized spacial score (nSPS) is 14.1. The van der Waals surface area contributed by atoms with Crippen LogP contribution in [0.4, 0.5) is 0 Å². The Bertz CT molecular complexity index is 323. The largest absolute Gasteiger partial charge is 0.462 e. The number of hydrogen-bond acceptors (Lipinski definition) is 4. The second-order valence-electron chi connectivity index (χ2n) is 6.39. The number of rotatable bonds is 8. The molecule has 0 aromatic heterocycles. The molecule has 0 heterocycles. The molecule has 4 nitrogen and oxygen atoms in total. The van der Waals surface area contributed by atoms with Gasteiger partial charge < -0.3 is 13.6 Å². The number of esters is 1. The lowest BCUT2D eigenvalue weighted by Gasteiger charge is -2.34. The van der Waals surface area contributed by atoms with Crippen molar-refractivity contribution in [1.29, 1.82) is 0 Å². The highest BCUT2D eigenvalue weighted by Gasteiger charge is 2.37. The Balaban J connectivity index is 4.07. The number of carbonyl (C=O) groups is 1. The summed E-state index contributed by atoms with van der Waals surface area (Å²) in [6.45, 7) is 16.2. The van der Waals surface area contributed by atoms with Crippen LogP contribution in [-0.2, 0) is 13.6 Å². The highest BCUT2D eigenvalue weighted by atomic mass is 29.3. The van der Waals surface area contributed by atoms with Crippen LogP contribution in [-0.4, -0.2) is 42.1 Å². The zero-order chi connectivity index (χ0) is 15.3.